The molecule has 0 aromatic heterocycles. The normalized spacial score (nSPS) is 24.5. The number of benzene rings is 1. The lowest BCUT2D eigenvalue weighted by Crippen LogP contribution is -2.15. The van der Waals surface area contributed by atoms with Crippen LogP contribution in [0.3, 0.4) is 0 Å². The molecular formula is C13H18FN. The van der Waals surface area contributed by atoms with Crippen molar-refractivity contribution in [2.24, 2.45) is 5.92 Å². The molecule has 1 aromatic rings. The van der Waals surface area contributed by atoms with Crippen molar-refractivity contribution in [3.05, 3.63) is 35.9 Å². The minimum atomic E-state index is -0.786. The second-order valence-electron chi connectivity index (χ2n) is 4.25. The van der Waals surface area contributed by atoms with E-state index in [4.69, 9.17) is 0 Å². The molecule has 0 radical (unpaired) electrons. The maximum absolute atomic E-state index is 14.2. The molecule has 1 fully saturated rings. The van der Waals surface area contributed by atoms with Crippen LogP contribution in [-0.4, -0.2) is 13.1 Å². The van der Waals surface area contributed by atoms with Gasteiger partial charge >= 0.3 is 0 Å². The fourth-order valence-electron chi connectivity index (χ4n) is 2.25. The molecular weight excluding hydrogens is 189 g/mol. The SMILES string of the molecule is FC(c1ccccc1)C1CCCNCC1. The summed E-state index contributed by atoms with van der Waals surface area (Å²) in [5.41, 5.74) is 0.837. The van der Waals surface area contributed by atoms with E-state index in [1.54, 1.807) is 0 Å². The Morgan fingerprint density at radius 3 is 2.73 bits per heavy atom. The first-order valence-corrected chi connectivity index (χ1v) is 5.77. The highest BCUT2D eigenvalue weighted by Gasteiger charge is 2.23. The zero-order valence-electron chi connectivity index (χ0n) is 8.95. The maximum atomic E-state index is 14.2. The first kappa shape index (κ1) is 10.6. The Bertz CT molecular complexity index is 278. The summed E-state index contributed by atoms with van der Waals surface area (Å²) in [6, 6.07) is 9.55. The van der Waals surface area contributed by atoms with Gasteiger partial charge in [-0.2, -0.15) is 0 Å². The molecule has 0 amide bonds. The standard InChI is InChI=1S/C13H18FN/c14-13(11-5-2-1-3-6-11)12-7-4-9-15-10-8-12/h1-3,5-6,12-13,15H,4,7-10H2. The van der Waals surface area contributed by atoms with E-state index in [2.05, 4.69) is 5.32 Å². The average molecular weight is 207 g/mol. The lowest BCUT2D eigenvalue weighted by Gasteiger charge is -2.18. The number of hydrogen-bond donors (Lipinski definition) is 1. The van der Waals surface area contributed by atoms with Crippen molar-refractivity contribution < 1.29 is 4.39 Å². The lowest BCUT2D eigenvalue weighted by molar-refractivity contribution is 0.215. The highest BCUT2D eigenvalue weighted by molar-refractivity contribution is 5.18. The zero-order valence-corrected chi connectivity index (χ0v) is 8.95. The average Bonchev–Trinajstić information content (AvgIpc) is 2.58. The third-order valence-corrected chi connectivity index (χ3v) is 3.15. The summed E-state index contributed by atoms with van der Waals surface area (Å²) in [6.45, 7) is 2.00. The Balaban J connectivity index is 2.03. The first-order valence-electron chi connectivity index (χ1n) is 5.77. The summed E-state index contributed by atoms with van der Waals surface area (Å²) < 4.78 is 14.2. The van der Waals surface area contributed by atoms with Gasteiger partial charge in [0.1, 0.15) is 6.17 Å². The summed E-state index contributed by atoms with van der Waals surface area (Å²) in [5, 5.41) is 3.32. The van der Waals surface area contributed by atoms with Crippen LogP contribution >= 0.6 is 0 Å². The van der Waals surface area contributed by atoms with Gasteiger partial charge in [0.15, 0.2) is 0 Å². The molecule has 82 valence electrons. The van der Waals surface area contributed by atoms with Gasteiger partial charge in [-0.1, -0.05) is 30.3 Å². The summed E-state index contributed by atoms with van der Waals surface area (Å²) in [7, 11) is 0. The van der Waals surface area contributed by atoms with Crippen LogP contribution in [0.1, 0.15) is 31.0 Å². The van der Waals surface area contributed by atoms with Crippen molar-refractivity contribution in [3.8, 4) is 0 Å². The molecule has 15 heavy (non-hydrogen) atoms. The summed E-state index contributed by atoms with van der Waals surface area (Å²) in [5.74, 6) is 0.197. The van der Waals surface area contributed by atoms with Crippen molar-refractivity contribution in [1.82, 2.24) is 5.32 Å². The monoisotopic (exact) mass is 207 g/mol. The van der Waals surface area contributed by atoms with E-state index in [9.17, 15) is 4.39 Å². The fraction of sp³-hybridized carbons (Fsp3) is 0.538. The molecule has 0 bridgehead atoms. The van der Waals surface area contributed by atoms with E-state index in [0.717, 1.165) is 37.9 Å². The molecule has 0 saturated carbocycles. The minimum absolute atomic E-state index is 0.197. The summed E-state index contributed by atoms with van der Waals surface area (Å²) in [6.07, 6.45) is 2.27. The molecule has 1 N–H and O–H groups in total. The van der Waals surface area contributed by atoms with Gasteiger partial charge in [-0.3, -0.25) is 0 Å². The first-order chi connectivity index (χ1) is 7.38. The number of rotatable bonds is 2. The molecule has 0 aliphatic carbocycles. The van der Waals surface area contributed by atoms with Gasteiger partial charge < -0.3 is 5.32 Å². The smallest absolute Gasteiger partial charge is 0.128 e. The molecule has 0 spiro atoms. The predicted octanol–water partition coefficient (Wildman–Crippen LogP) is 3.09. The van der Waals surface area contributed by atoms with E-state index in [-0.39, 0.29) is 5.92 Å². The van der Waals surface area contributed by atoms with Gasteiger partial charge in [0.2, 0.25) is 0 Å². The van der Waals surface area contributed by atoms with Crippen molar-refractivity contribution in [2.45, 2.75) is 25.4 Å². The highest BCUT2D eigenvalue weighted by Crippen LogP contribution is 2.32. The molecule has 1 aliphatic heterocycles. The Morgan fingerprint density at radius 1 is 1.13 bits per heavy atom. The largest absolute Gasteiger partial charge is 0.317 e. The quantitative estimate of drug-likeness (QED) is 0.785. The molecule has 2 heteroatoms. The fourth-order valence-corrected chi connectivity index (χ4v) is 2.25. The topological polar surface area (TPSA) is 12.0 Å². The van der Waals surface area contributed by atoms with Gasteiger partial charge in [0, 0.05) is 0 Å². The number of nitrogens with one attached hydrogen (secondary N) is 1. The molecule has 1 nitrogen and oxygen atoms in total. The van der Waals surface area contributed by atoms with Crippen LogP contribution in [0.5, 0.6) is 0 Å². The lowest BCUT2D eigenvalue weighted by atomic mass is 9.91. The Morgan fingerprint density at radius 2 is 1.93 bits per heavy atom. The summed E-state index contributed by atoms with van der Waals surface area (Å²) >= 11 is 0. The van der Waals surface area contributed by atoms with Crippen LogP contribution < -0.4 is 5.32 Å². The van der Waals surface area contributed by atoms with Gasteiger partial charge in [-0.05, 0) is 43.8 Å². The Kier molecular flexibility index (Phi) is 3.73. The molecule has 2 rings (SSSR count). The highest BCUT2D eigenvalue weighted by atomic mass is 19.1. The van der Waals surface area contributed by atoms with E-state index < -0.39 is 6.17 Å². The van der Waals surface area contributed by atoms with Crippen LogP contribution in [0, 0.1) is 5.92 Å². The van der Waals surface area contributed by atoms with Crippen LogP contribution in [0.25, 0.3) is 0 Å². The van der Waals surface area contributed by atoms with Gasteiger partial charge in [-0.25, -0.2) is 4.39 Å². The van der Waals surface area contributed by atoms with E-state index in [0.29, 0.717) is 0 Å². The number of alkyl halides is 1. The van der Waals surface area contributed by atoms with E-state index in [1.807, 2.05) is 30.3 Å². The van der Waals surface area contributed by atoms with Crippen LogP contribution in [0.2, 0.25) is 0 Å². The Labute approximate surface area is 90.7 Å². The summed E-state index contributed by atoms with van der Waals surface area (Å²) in [4.78, 5) is 0. The molecule has 1 saturated heterocycles. The molecule has 1 aromatic carbocycles. The molecule has 2 unspecified atom stereocenters. The molecule has 2 atom stereocenters. The van der Waals surface area contributed by atoms with Crippen molar-refractivity contribution in [1.29, 1.82) is 0 Å². The van der Waals surface area contributed by atoms with E-state index in [1.165, 1.54) is 0 Å². The third kappa shape index (κ3) is 2.78. The maximum Gasteiger partial charge on any atom is 0.128 e. The van der Waals surface area contributed by atoms with Gasteiger partial charge in [0.05, 0.1) is 0 Å². The zero-order chi connectivity index (χ0) is 10.5. The Hall–Kier alpha value is -0.890. The van der Waals surface area contributed by atoms with Crippen LogP contribution in [-0.2, 0) is 0 Å². The van der Waals surface area contributed by atoms with Gasteiger partial charge in [-0.15, -0.1) is 0 Å². The van der Waals surface area contributed by atoms with E-state index >= 15 is 0 Å². The number of hydrogen-bond acceptors (Lipinski definition) is 1. The minimum Gasteiger partial charge on any atom is -0.317 e. The third-order valence-electron chi connectivity index (χ3n) is 3.15. The van der Waals surface area contributed by atoms with Crippen LogP contribution in [0.4, 0.5) is 4.39 Å². The van der Waals surface area contributed by atoms with Gasteiger partial charge in [0.25, 0.3) is 0 Å². The number of halogens is 1. The predicted molar refractivity (Wildman–Crippen MR) is 60.5 cm³/mol. The second-order valence-corrected chi connectivity index (χ2v) is 4.25. The molecule has 1 heterocycles. The van der Waals surface area contributed by atoms with Crippen molar-refractivity contribution in [3.63, 3.8) is 0 Å². The van der Waals surface area contributed by atoms with Crippen LogP contribution in [0.15, 0.2) is 30.3 Å². The van der Waals surface area contributed by atoms with Crippen molar-refractivity contribution >= 4 is 0 Å². The second kappa shape index (κ2) is 5.26. The van der Waals surface area contributed by atoms with Crippen molar-refractivity contribution in [2.75, 3.05) is 13.1 Å². The molecule has 1 aliphatic rings.